The minimum absolute atomic E-state index is 0.153. The van der Waals surface area contributed by atoms with Crippen LogP contribution in [0.25, 0.3) is 0 Å². The first kappa shape index (κ1) is 29.1. The summed E-state index contributed by atoms with van der Waals surface area (Å²) in [6, 6.07) is 15.0. The Kier molecular flexibility index (Phi) is 10.1. The van der Waals surface area contributed by atoms with Gasteiger partial charge >= 0.3 is 0 Å². The zero-order valence-corrected chi connectivity index (χ0v) is 24.2. The number of carbonyl (C=O) groups excluding carboxylic acids is 1. The number of methoxy groups -OCH3 is 1. The second-order valence-electron chi connectivity index (χ2n) is 7.60. The lowest BCUT2D eigenvalue weighted by molar-refractivity contribution is -0.119. The molecule has 0 radical (unpaired) electrons. The first-order valence-electron chi connectivity index (χ1n) is 10.5. The summed E-state index contributed by atoms with van der Waals surface area (Å²) >= 11 is 21.6. The highest BCUT2D eigenvalue weighted by molar-refractivity contribution is 9.10. The van der Waals surface area contributed by atoms with Crippen molar-refractivity contribution in [2.75, 3.05) is 24.2 Å². The molecule has 0 saturated carbocycles. The van der Waals surface area contributed by atoms with Crippen LogP contribution in [0.2, 0.25) is 15.1 Å². The summed E-state index contributed by atoms with van der Waals surface area (Å²) in [7, 11) is -2.32. The lowest BCUT2D eigenvalue weighted by atomic mass is 10.2. The number of amides is 1. The van der Waals surface area contributed by atoms with Crippen LogP contribution in [0, 0.1) is 0 Å². The van der Waals surface area contributed by atoms with Crippen LogP contribution >= 0.6 is 50.7 Å². The van der Waals surface area contributed by atoms with Gasteiger partial charge in [-0.3, -0.25) is 9.10 Å². The summed E-state index contributed by atoms with van der Waals surface area (Å²) in [6.45, 7) is -0.304. The molecule has 0 aliphatic carbocycles. The second kappa shape index (κ2) is 12.8. The lowest BCUT2D eigenvalue weighted by Gasteiger charge is -2.21. The molecule has 8 nitrogen and oxygen atoms in total. The minimum atomic E-state index is -3.81. The highest BCUT2D eigenvalue weighted by Crippen LogP contribution is 2.37. The van der Waals surface area contributed by atoms with Crippen molar-refractivity contribution in [3.63, 3.8) is 0 Å². The molecule has 0 fully saturated rings. The fourth-order valence-corrected chi connectivity index (χ4v) is 5.27. The Hall–Kier alpha value is -2.50. The van der Waals surface area contributed by atoms with Crippen molar-refractivity contribution in [3.05, 3.63) is 85.3 Å². The quantitative estimate of drug-likeness (QED) is 0.218. The Morgan fingerprint density at radius 3 is 2.41 bits per heavy atom. The van der Waals surface area contributed by atoms with Gasteiger partial charge in [0.1, 0.15) is 13.2 Å². The largest absolute Gasteiger partial charge is 0.493 e. The van der Waals surface area contributed by atoms with Gasteiger partial charge < -0.3 is 9.47 Å². The minimum Gasteiger partial charge on any atom is -0.493 e. The third-order valence-electron chi connectivity index (χ3n) is 4.81. The molecule has 0 aliphatic rings. The van der Waals surface area contributed by atoms with E-state index in [0.717, 1.165) is 16.1 Å². The van der Waals surface area contributed by atoms with E-state index in [-0.39, 0.29) is 22.3 Å². The number of hydrogen-bond donors (Lipinski definition) is 1. The van der Waals surface area contributed by atoms with Crippen molar-refractivity contribution >= 4 is 78.6 Å². The van der Waals surface area contributed by atoms with Crippen LogP contribution in [0.5, 0.6) is 11.5 Å². The number of benzene rings is 3. The van der Waals surface area contributed by atoms with Gasteiger partial charge in [-0.1, -0.05) is 53.0 Å². The number of hydrazone groups is 1. The van der Waals surface area contributed by atoms with Gasteiger partial charge in [-0.05, 0) is 57.9 Å². The summed E-state index contributed by atoms with van der Waals surface area (Å²) < 4.78 is 37.4. The molecule has 0 spiro atoms. The Morgan fingerprint density at radius 2 is 1.78 bits per heavy atom. The number of rotatable bonds is 10. The van der Waals surface area contributed by atoms with Gasteiger partial charge in [0, 0.05) is 20.6 Å². The Balaban J connectivity index is 1.70. The maximum atomic E-state index is 12.5. The van der Waals surface area contributed by atoms with Gasteiger partial charge in [0.15, 0.2) is 11.5 Å². The molecule has 0 aliphatic heterocycles. The molecule has 0 saturated heterocycles. The van der Waals surface area contributed by atoms with E-state index in [4.69, 9.17) is 44.3 Å². The number of carbonyl (C=O) groups is 1. The molecular formula is C24H21BrCl3N3O5S. The highest BCUT2D eigenvalue weighted by atomic mass is 79.9. The highest BCUT2D eigenvalue weighted by Gasteiger charge is 2.21. The second-order valence-corrected chi connectivity index (χ2v) is 11.6. The van der Waals surface area contributed by atoms with E-state index >= 15 is 0 Å². The standard InChI is InChI=1S/C24H21BrCl3N3O5S/c1-35-22-8-15(7-20(25)24(22)36-14-16-5-3-4-6-21(16)28)12-29-30-23(32)13-31(37(2,33)34)19-10-17(26)9-18(27)11-19/h3-12H,13-14H2,1-2H3,(H,30,32)/b29-12-. The number of anilines is 1. The summed E-state index contributed by atoms with van der Waals surface area (Å²) in [6.07, 6.45) is 2.35. The van der Waals surface area contributed by atoms with E-state index in [9.17, 15) is 13.2 Å². The molecule has 37 heavy (non-hydrogen) atoms. The smallest absolute Gasteiger partial charge is 0.260 e. The van der Waals surface area contributed by atoms with Crippen LogP contribution in [0.15, 0.2) is 64.2 Å². The maximum absolute atomic E-state index is 12.5. The van der Waals surface area contributed by atoms with Gasteiger partial charge in [-0.25, -0.2) is 13.8 Å². The first-order chi connectivity index (χ1) is 17.5. The summed E-state index contributed by atoms with van der Waals surface area (Å²) in [4.78, 5) is 12.5. The average Bonchev–Trinajstić information content (AvgIpc) is 2.81. The molecule has 1 N–H and O–H groups in total. The third kappa shape index (κ3) is 8.24. The van der Waals surface area contributed by atoms with Crippen molar-refractivity contribution in [1.29, 1.82) is 0 Å². The van der Waals surface area contributed by atoms with E-state index in [1.807, 2.05) is 18.2 Å². The summed E-state index contributed by atoms with van der Waals surface area (Å²) in [5.74, 6) is 0.214. The van der Waals surface area contributed by atoms with Gasteiger partial charge in [0.05, 0.1) is 29.7 Å². The molecule has 3 rings (SSSR count). The van der Waals surface area contributed by atoms with E-state index in [2.05, 4.69) is 26.5 Å². The van der Waals surface area contributed by atoms with Gasteiger partial charge in [0.2, 0.25) is 10.0 Å². The molecule has 196 valence electrons. The molecule has 0 aromatic heterocycles. The molecular weight excluding hydrogens is 629 g/mol. The van der Waals surface area contributed by atoms with Crippen molar-refractivity contribution in [2.24, 2.45) is 5.10 Å². The Labute approximate surface area is 238 Å². The SMILES string of the molecule is COc1cc(/C=N\NC(=O)CN(c2cc(Cl)cc(Cl)c2)S(C)(=O)=O)cc(Br)c1OCc1ccccc1Cl. The van der Waals surface area contributed by atoms with Gasteiger partial charge in [0.25, 0.3) is 5.91 Å². The average molecular weight is 650 g/mol. The van der Waals surface area contributed by atoms with E-state index in [0.29, 0.717) is 26.6 Å². The summed E-state index contributed by atoms with van der Waals surface area (Å²) in [5, 5.41) is 4.97. The number of ether oxygens (including phenoxy) is 2. The molecule has 1 amide bonds. The van der Waals surface area contributed by atoms with Gasteiger partial charge in [-0.15, -0.1) is 0 Å². The summed E-state index contributed by atoms with van der Waals surface area (Å²) in [5.41, 5.74) is 3.86. The monoisotopic (exact) mass is 647 g/mol. The molecule has 13 heteroatoms. The van der Waals surface area contributed by atoms with Crippen LogP contribution in [-0.4, -0.2) is 40.4 Å². The number of nitrogens with zero attached hydrogens (tertiary/aromatic N) is 2. The van der Waals surface area contributed by atoms with Crippen LogP contribution in [0.3, 0.4) is 0 Å². The van der Waals surface area contributed by atoms with E-state index < -0.39 is 22.5 Å². The molecule has 0 atom stereocenters. The van der Waals surface area contributed by atoms with E-state index in [1.165, 1.54) is 31.5 Å². The van der Waals surface area contributed by atoms with Crippen LogP contribution in [0.1, 0.15) is 11.1 Å². The molecule has 0 unspecified atom stereocenters. The van der Waals surface area contributed by atoms with Crippen LogP contribution < -0.4 is 19.2 Å². The molecule has 3 aromatic carbocycles. The first-order valence-corrected chi connectivity index (χ1v) is 14.2. The molecule has 0 bridgehead atoms. The van der Waals surface area contributed by atoms with Crippen molar-refractivity contribution in [3.8, 4) is 11.5 Å². The zero-order chi connectivity index (χ0) is 27.2. The lowest BCUT2D eigenvalue weighted by Crippen LogP contribution is -2.39. The molecule has 3 aromatic rings. The fraction of sp³-hybridized carbons (Fsp3) is 0.167. The van der Waals surface area contributed by atoms with Crippen LogP contribution in [-0.2, 0) is 21.4 Å². The molecule has 0 heterocycles. The maximum Gasteiger partial charge on any atom is 0.260 e. The Morgan fingerprint density at radius 1 is 1.11 bits per heavy atom. The van der Waals surface area contributed by atoms with E-state index in [1.54, 1.807) is 18.2 Å². The number of sulfonamides is 1. The number of halogens is 4. The zero-order valence-electron chi connectivity index (χ0n) is 19.5. The number of nitrogens with one attached hydrogen (secondary N) is 1. The van der Waals surface area contributed by atoms with Crippen molar-refractivity contribution < 1.29 is 22.7 Å². The predicted molar refractivity (Wildman–Crippen MR) is 151 cm³/mol. The van der Waals surface area contributed by atoms with Crippen LogP contribution in [0.4, 0.5) is 5.69 Å². The van der Waals surface area contributed by atoms with Crippen molar-refractivity contribution in [1.82, 2.24) is 5.43 Å². The normalized spacial score (nSPS) is 11.4. The topological polar surface area (TPSA) is 97.3 Å². The van der Waals surface area contributed by atoms with Crippen molar-refractivity contribution in [2.45, 2.75) is 6.61 Å². The predicted octanol–water partition coefficient (Wildman–Crippen LogP) is 5.91. The third-order valence-corrected chi connectivity index (χ3v) is 7.34. The number of hydrogen-bond acceptors (Lipinski definition) is 6. The fourth-order valence-electron chi connectivity index (χ4n) is 3.15. The van der Waals surface area contributed by atoms with Gasteiger partial charge in [-0.2, -0.15) is 5.10 Å². The Bertz CT molecular complexity index is 1420.